The molecule has 0 radical (unpaired) electrons. The van der Waals surface area contributed by atoms with Crippen molar-refractivity contribution in [1.29, 1.82) is 0 Å². The molecule has 0 rings (SSSR count). The lowest BCUT2D eigenvalue weighted by Crippen LogP contribution is -2.04. The third kappa shape index (κ3) is 2.12. The molecular formula is C5H8N2O. The Morgan fingerprint density at radius 2 is 2.50 bits per heavy atom. The quantitative estimate of drug-likeness (QED) is 0.247. The summed E-state index contributed by atoms with van der Waals surface area (Å²) >= 11 is 0. The van der Waals surface area contributed by atoms with Gasteiger partial charge in [0, 0.05) is 6.72 Å². The molecule has 0 heterocycles. The zero-order valence-corrected chi connectivity index (χ0v) is 4.72. The predicted octanol–water partition coefficient (Wildman–Crippen LogP) is 0.294. The van der Waals surface area contributed by atoms with E-state index in [4.69, 9.17) is 0 Å². The Morgan fingerprint density at radius 1 is 1.88 bits per heavy atom. The molecule has 0 aliphatic rings. The van der Waals surface area contributed by atoms with E-state index < -0.39 is 0 Å². The van der Waals surface area contributed by atoms with Crippen molar-refractivity contribution < 1.29 is 4.79 Å². The van der Waals surface area contributed by atoms with E-state index in [1.807, 2.05) is 0 Å². The summed E-state index contributed by atoms with van der Waals surface area (Å²) in [7, 11) is 0. The molecule has 0 saturated carbocycles. The topological polar surface area (TPSA) is 41.5 Å². The fourth-order valence-corrected chi connectivity index (χ4v) is 0.250. The summed E-state index contributed by atoms with van der Waals surface area (Å²) in [6.07, 6.45) is 2.29. The first-order valence-corrected chi connectivity index (χ1v) is 2.18. The van der Waals surface area contributed by atoms with Gasteiger partial charge in [-0.15, -0.1) is 0 Å². The molecule has 0 saturated heterocycles. The second-order valence-corrected chi connectivity index (χ2v) is 1.13. The summed E-state index contributed by atoms with van der Waals surface area (Å²) in [6, 6.07) is 0. The molecule has 0 unspecified atom stereocenters. The Balaban J connectivity index is 3.71. The fourth-order valence-electron chi connectivity index (χ4n) is 0.250. The van der Waals surface area contributed by atoms with Gasteiger partial charge in [-0.3, -0.25) is 10.2 Å². The SMILES string of the molecule is C=NN/C(C=O)=C\C. The number of hydrogen-bond acceptors (Lipinski definition) is 3. The van der Waals surface area contributed by atoms with E-state index in [-0.39, 0.29) is 0 Å². The van der Waals surface area contributed by atoms with E-state index in [9.17, 15) is 4.79 Å². The highest BCUT2D eigenvalue weighted by atomic mass is 16.1. The molecule has 0 atom stereocenters. The van der Waals surface area contributed by atoms with Gasteiger partial charge in [-0.2, -0.15) is 5.10 Å². The van der Waals surface area contributed by atoms with Gasteiger partial charge < -0.3 is 0 Å². The van der Waals surface area contributed by atoms with Crippen molar-refractivity contribution >= 4 is 13.0 Å². The average Bonchev–Trinajstić information content (AvgIpc) is 1.83. The van der Waals surface area contributed by atoms with Crippen LogP contribution >= 0.6 is 0 Å². The van der Waals surface area contributed by atoms with Crippen molar-refractivity contribution in [2.24, 2.45) is 5.10 Å². The van der Waals surface area contributed by atoms with Gasteiger partial charge in [0.2, 0.25) is 0 Å². The summed E-state index contributed by atoms with van der Waals surface area (Å²) in [4.78, 5) is 9.91. The number of nitrogens with zero attached hydrogens (tertiary/aromatic N) is 1. The summed E-state index contributed by atoms with van der Waals surface area (Å²) in [5.41, 5.74) is 2.82. The Labute approximate surface area is 48.1 Å². The van der Waals surface area contributed by atoms with Gasteiger partial charge in [0.05, 0.1) is 5.70 Å². The largest absolute Gasteiger partial charge is 0.296 e. The molecule has 0 aliphatic carbocycles. The van der Waals surface area contributed by atoms with Crippen molar-refractivity contribution in [3.8, 4) is 0 Å². The number of allylic oxidation sites excluding steroid dienone is 2. The molecule has 0 bridgehead atoms. The van der Waals surface area contributed by atoms with Crippen molar-refractivity contribution in [2.45, 2.75) is 6.92 Å². The second kappa shape index (κ2) is 4.05. The number of rotatable bonds is 3. The van der Waals surface area contributed by atoms with Crippen LogP contribution in [0.3, 0.4) is 0 Å². The average molecular weight is 112 g/mol. The normalized spacial score (nSPS) is 10.4. The van der Waals surface area contributed by atoms with Crippen LogP contribution in [-0.4, -0.2) is 13.0 Å². The third-order valence-electron chi connectivity index (χ3n) is 0.646. The van der Waals surface area contributed by atoms with Crippen LogP contribution in [-0.2, 0) is 4.79 Å². The molecule has 0 fully saturated rings. The van der Waals surface area contributed by atoms with Crippen LogP contribution in [0.15, 0.2) is 16.9 Å². The first-order valence-electron chi connectivity index (χ1n) is 2.18. The zero-order valence-electron chi connectivity index (χ0n) is 4.72. The lowest BCUT2D eigenvalue weighted by atomic mass is 10.5. The summed E-state index contributed by atoms with van der Waals surface area (Å²) < 4.78 is 0. The highest BCUT2D eigenvalue weighted by Gasteiger charge is 1.83. The second-order valence-electron chi connectivity index (χ2n) is 1.13. The number of aldehydes is 1. The lowest BCUT2D eigenvalue weighted by molar-refractivity contribution is -0.105. The summed E-state index contributed by atoms with van der Waals surface area (Å²) in [5.74, 6) is 0. The summed E-state index contributed by atoms with van der Waals surface area (Å²) in [5, 5.41) is 3.28. The molecule has 44 valence electrons. The van der Waals surface area contributed by atoms with Gasteiger partial charge in [-0.25, -0.2) is 0 Å². The maximum absolute atomic E-state index is 9.91. The van der Waals surface area contributed by atoms with E-state index in [0.29, 0.717) is 12.0 Å². The standard InChI is InChI=1S/C5H8N2O/c1-3-5(4-8)7-6-2/h3-4,7H,2H2,1H3/b5-3-. The first kappa shape index (κ1) is 6.88. The molecule has 0 aromatic heterocycles. The van der Waals surface area contributed by atoms with Crippen molar-refractivity contribution in [3.05, 3.63) is 11.8 Å². The smallest absolute Gasteiger partial charge is 0.167 e. The third-order valence-corrected chi connectivity index (χ3v) is 0.646. The van der Waals surface area contributed by atoms with Crippen LogP contribution in [0.1, 0.15) is 6.92 Å². The van der Waals surface area contributed by atoms with Gasteiger partial charge in [0.15, 0.2) is 6.29 Å². The highest BCUT2D eigenvalue weighted by molar-refractivity contribution is 5.71. The number of carbonyl (C=O) groups is 1. The van der Waals surface area contributed by atoms with Crippen molar-refractivity contribution in [2.75, 3.05) is 0 Å². The number of nitrogens with one attached hydrogen (secondary N) is 1. The molecule has 0 aromatic rings. The van der Waals surface area contributed by atoms with Gasteiger partial charge >= 0.3 is 0 Å². The fraction of sp³-hybridized carbons (Fsp3) is 0.200. The molecule has 0 aromatic carbocycles. The lowest BCUT2D eigenvalue weighted by Gasteiger charge is -1.91. The molecule has 8 heavy (non-hydrogen) atoms. The maximum atomic E-state index is 9.91. The van der Waals surface area contributed by atoms with Crippen molar-refractivity contribution in [1.82, 2.24) is 5.43 Å². The molecule has 0 aliphatic heterocycles. The number of hydrazone groups is 1. The van der Waals surface area contributed by atoms with Crippen molar-refractivity contribution in [3.63, 3.8) is 0 Å². The Bertz CT molecular complexity index is 118. The number of hydrogen-bond donors (Lipinski definition) is 1. The predicted molar refractivity (Wildman–Crippen MR) is 32.5 cm³/mol. The minimum atomic E-state index is 0.431. The van der Waals surface area contributed by atoms with Crippen LogP contribution in [0.2, 0.25) is 0 Å². The zero-order chi connectivity index (χ0) is 6.41. The molecule has 0 amide bonds. The molecule has 1 N–H and O–H groups in total. The van der Waals surface area contributed by atoms with Crippen LogP contribution < -0.4 is 5.43 Å². The minimum Gasteiger partial charge on any atom is -0.296 e. The van der Waals surface area contributed by atoms with Crippen LogP contribution in [0, 0.1) is 0 Å². The Kier molecular flexibility index (Phi) is 3.48. The van der Waals surface area contributed by atoms with Crippen LogP contribution in [0.5, 0.6) is 0 Å². The van der Waals surface area contributed by atoms with Crippen LogP contribution in [0.25, 0.3) is 0 Å². The van der Waals surface area contributed by atoms with Crippen LogP contribution in [0.4, 0.5) is 0 Å². The van der Waals surface area contributed by atoms with Gasteiger partial charge in [-0.1, -0.05) is 6.08 Å². The first-order chi connectivity index (χ1) is 3.85. The maximum Gasteiger partial charge on any atom is 0.167 e. The molecule has 3 heteroatoms. The van der Waals surface area contributed by atoms with Gasteiger partial charge in [-0.05, 0) is 6.92 Å². The van der Waals surface area contributed by atoms with E-state index in [1.165, 1.54) is 0 Å². The number of carbonyl (C=O) groups excluding carboxylic acids is 1. The Morgan fingerprint density at radius 3 is 2.62 bits per heavy atom. The molecule has 3 nitrogen and oxygen atoms in total. The van der Waals surface area contributed by atoms with Gasteiger partial charge in [0.1, 0.15) is 0 Å². The van der Waals surface area contributed by atoms with E-state index in [2.05, 4.69) is 17.2 Å². The molecular weight excluding hydrogens is 104 g/mol. The molecule has 0 spiro atoms. The minimum absolute atomic E-state index is 0.431. The van der Waals surface area contributed by atoms with E-state index in [0.717, 1.165) is 0 Å². The van der Waals surface area contributed by atoms with E-state index >= 15 is 0 Å². The highest BCUT2D eigenvalue weighted by Crippen LogP contribution is 1.78. The Hall–Kier alpha value is -1.12. The summed E-state index contributed by atoms with van der Waals surface area (Å²) in [6.45, 7) is 4.87. The van der Waals surface area contributed by atoms with Gasteiger partial charge in [0.25, 0.3) is 0 Å². The monoisotopic (exact) mass is 112 g/mol. The van der Waals surface area contributed by atoms with E-state index in [1.54, 1.807) is 13.0 Å².